The van der Waals surface area contributed by atoms with Crippen LogP contribution >= 0.6 is 11.6 Å². The first-order chi connectivity index (χ1) is 12.0. The third-order valence-corrected chi connectivity index (χ3v) is 4.05. The van der Waals surface area contributed by atoms with Crippen molar-refractivity contribution < 1.29 is 9.21 Å². The van der Waals surface area contributed by atoms with E-state index >= 15 is 0 Å². The normalized spacial score (nSPS) is 11.0. The summed E-state index contributed by atoms with van der Waals surface area (Å²) in [6, 6.07) is 10.8. The molecule has 1 amide bonds. The monoisotopic (exact) mass is 357 g/mol. The summed E-state index contributed by atoms with van der Waals surface area (Å²) >= 11 is 5.92. The average Bonchev–Trinajstić information content (AvgIpc) is 3.05. The third kappa shape index (κ3) is 4.31. The average molecular weight is 358 g/mol. The van der Waals surface area contributed by atoms with Crippen molar-refractivity contribution in [3.8, 4) is 0 Å². The predicted octanol–water partition coefficient (Wildman–Crippen LogP) is 5.00. The molecule has 6 heteroatoms. The van der Waals surface area contributed by atoms with E-state index in [9.17, 15) is 4.79 Å². The molecule has 0 aliphatic carbocycles. The molecule has 0 radical (unpaired) electrons. The van der Waals surface area contributed by atoms with E-state index in [2.05, 4.69) is 29.5 Å². The van der Waals surface area contributed by atoms with Gasteiger partial charge in [-0.2, -0.15) is 0 Å². The molecular formula is C19H20ClN3O2. The molecule has 0 bridgehead atoms. The van der Waals surface area contributed by atoms with Crippen LogP contribution in [0.15, 0.2) is 47.1 Å². The molecular weight excluding hydrogens is 338 g/mol. The highest BCUT2D eigenvalue weighted by molar-refractivity contribution is 6.30. The van der Waals surface area contributed by atoms with E-state index in [0.717, 1.165) is 17.5 Å². The minimum Gasteiger partial charge on any atom is -0.464 e. The Morgan fingerprint density at radius 2 is 2.00 bits per heavy atom. The number of benzene rings is 1. The number of nitrogens with one attached hydrogen (secondary N) is 2. The lowest BCUT2D eigenvalue weighted by atomic mass is 10.1. The molecule has 2 heterocycles. The van der Waals surface area contributed by atoms with Gasteiger partial charge in [0.05, 0.1) is 11.6 Å². The summed E-state index contributed by atoms with van der Waals surface area (Å²) in [5, 5.41) is 7.59. The molecule has 3 aromatic rings. The number of hydrogen-bond donors (Lipinski definition) is 2. The van der Waals surface area contributed by atoms with Gasteiger partial charge in [0.25, 0.3) is 5.91 Å². The Labute approximate surface area is 151 Å². The van der Waals surface area contributed by atoms with E-state index in [1.165, 1.54) is 0 Å². The molecule has 5 nitrogen and oxygen atoms in total. The Bertz CT molecular complexity index is 872. The zero-order chi connectivity index (χ0) is 17.8. The first-order valence-electron chi connectivity index (χ1n) is 8.22. The van der Waals surface area contributed by atoms with Crippen molar-refractivity contribution >= 4 is 40.0 Å². The van der Waals surface area contributed by atoms with Gasteiger partial charge in [0.2, 0.25) is 0 Å². The third-order valence-electron chi connectivity index (χ3n) is 3.80. The van der Waals surface area contributed by atoms with Crippen LogP contribution in [0.3, 0.4) is 0 Å². The minimum atomic E-state index is -0.210. The van der Waals surface area contributed by atoms with Crippen LogP contribution in [0.2, 0.25) is 5.02 Å². The molecule has 0 unspecified atom stereocenters. The fourth-order valence-electron chi connectivity index (χ4n) is 2.41. The van der Waals surface area contributed by atoms with Gasteiger partial charge in [-0.05, 0) is 42.7 Å². The van der Waals surface area contributed by atoms with E-state index < -0.39 is 0 Å². The standard InChI is InChI=1S/C19H20ClN3O2/c1-12(2)7-9-21-19(24)16-11-17-15(8-10-25-17)18(23-16)22-14-5-3-13(20)4-6-14/h3-6,8,10-12H,7,9H2,1-2H3,(H,21,24)(H,22,23). The highest BCUT2D eigenvalue weighted by Gasteiger charge is 2.14. The number of fused-ring (bicyclic) bond motifs is 1. The Balaban J connectivity index is 1.85. The van der Waals surface area contributed by atoms with Gasteiger partial charge in [-0.3, -0.25) is 4.79 Å². The van der Waals surface area contributed by atoms with Crippen molar-refractivity contribution in [2.75, 3.05) is 11.9 Å². The molecule has 2 aromatic heterocycles. The molecule has 0 atom stereocenters. The molecule has 0 fully saturated rings. The molecule has 1 aromatic carbocycles. The first-order valence-corrected chi connectivity index (χ1v) is 8.60. The van der Waals surface area contributed by atoms with Gasteiger partial charge in [0, 0.05) is 23.3 Å². The number of anilines is 2. The van der Waals surface area contributed by atoms with Crippen LogP contribution in [-0.2, 0) is 0 Å². The molecule has 3 rings (SSSR count). The van der Waals surface area contributed by atoms with Gasteiger partial charge in [-0.1, -0.05) is 25.4 Å². The zero-order valence-corrected chi connectivity index (χ0v) is 14.9. The molecule has 0 saturated heterocycles. The minimum absolute atomic E-state index is 0.210. The zero-order valence-electron chi connectivity index (χ0n) is 14.2. The van der Waals surface area contributed by atoms with Gasteiger partial charge < -0.3 is 15.1 Å². The number of carbonyl (C=O) groups is 1. The summed E-state index contributed by atoms with van der Waals surface area (Å²) in [6.45, 7) is 4.86. The second kappa shape index (κ2) is 7.57. The Hall–Kier alpha value is -2.53. The fourth-order valence-corrected chi connectivity index (χ4v) is 2.54. The predicted molar refractivity (Wildman–Crippen MR) is 101 cm³/mol. The van der Waals surface area contributed by atoms with Gasteiger partial charge in [0.1, 0.15) is 17.1 Å². The number of nitrogens with zero attached hydrogens (tertiary/aromatic N) is 1. The van der Waals surface area contributed by atoms with E-state index in [1.54, 1.807) is 24.5 Å². The fraction of sp³-hybridized carbons (Fsp3) is 0.263. The Morgan fingerprint density at radius 3 is 2.72 bits per heavy atom. The molecule has 130 valence electrons. The van der Waals surface area contributed by atoms with E-state index in [4.69, 9.17) is 16.0 Å². The maximum atomic E-state index is 12.4. The van der Waals surface area contributed by atoms with E-state index in [0.29, 0.717) is 34.6 Å². The van der Waals surface area contributed by atoms with Crippen molar-refractivity contribution in [2.24, 2.45) is 5.92 Å². The lowest BCUT2D eigenvalue weighted by Crippen LogP contribution is -2.26. The van der Waals surface area contributed by atoms with Crippen LogP contribution in [-0.4, -0.2) is 17.4 Å². The summed E-state index contributed by atoms with van der Waals surface area (Å²) in [6.07, 6.45) is 2.50. The number of aromatic nitrogens is 1. The van der Waals surface area contributed by atoms with Gasteiger partial charge in [-0.15, -0.1) is 0 Å². The molecule has 0 spiro atoms. The Morgan fingerprint density at radius 1 is 1.24 bits per heavy atom. The first kappa shape index (κ1) is 17.3. The SMILES string of the molecule is CC(C)CCNC(=O)c1cc2occc2c(Nc2ccc(Cl)cc2)n1. The van der Waals surface area contributed by atoms with E-state index in [-0.39, 0.29) is 5.91 Å². The summed E-state index contributed by atoms with van der Waals surface area (Å²) in [5.41, 5.74) is 1.76. The number of pyridine rings is 1. The number of hydrogen-bond acceptors (Lipinski definition) is 4. The lowest BCUT2D eigenvalue weighted by molar-refractivity contribution is 0.0947. The maximum Gasteiger partial charge on any atom is 0.270 e. The molecule has 25 heavy (non-hydrogen) atoms. The second-order valence-electron chi connectivity index (χ2n) is 6.26. The topological polar surface area (TPSA) is 67.2 Å². The number of amides is 1. The summed E-state index contributed by atoms with van der Waals surface area (Å²) in [4.78, 5) is 16.9. The van der Waals surface area contributed by atoms with Crippen LogP contribution in [0.1, 0.15) is 30.8 Å². The van der Waals surface area contributed by atoms with Crippen molar-refractivity contribution in [3.63, 3.8) is 0 Å². The highest BCUT2D eigenvalue weighted by atomic mass is 35.5. The largest absolute Gasteiger partial charge is 0.464 e. The van der Waals surface area contributed by atoms with Crippen LogP contribution in [0.25, 0.3) is 11.0 Å². The Kier molecular flexibility index (Phi) is 5.24. The van der Waals surface area contributed by atoms with Crippen molar-refractivity contribution in [3.05, 3.63) is 53.4 Å². The number of furan rings is 1. The summed E-state index contributed by atoms with van der Waals surface area (Å²) in [7, 11) is 0. The molecule has 0 saturated carbocycles. The maximum absolute atomic E-state index is 12.4. The summed E-state index contributed by atoms with van der Waals surface area (Å²) in [5.74, 6) is 0.892. The molecule has 0 aliphatic heterocycles. The van der Waals surface area contributed by atoms with Crippen LogP contribution in [0.4, 0.5) is 11.5 Å². The van der Waals surface area contributed by atoms with E-state index in [1.807, 2.05) is 18.2 Å². The van der Waals surface area contributed by atoms with Crippen LogP contribution in [0, 0.1) is 5.92 Å². The van der Waals surface area contributed by atoms with Gasteiger partial charge in [-0.25, -0.2) is 4.98 Å². The van der Waals surface area contributed by atoms with Crippen LogP contribution < -0.4 is 10.6 Å². The van der Waals surface area contributed by atoms with Crippen molar-refractivity contribution in [1.29, 1.82) is 0 Å². The molecule has 0 aliphatic rings. The second-order valence-corrected chi connectivity index (χ2v) is 6.70. The van der Waals surface area contributed by atoms with Crippen molar-refractivity contribution in [2.45, 2.75) is 20.3 Å². The van der Waals surface area contributed by atoms with Crippen molar-refractivity contribution in [1.82, 2.24) is 10.3 Å². The van der Waals surface area contributed by atoms with Crippen LogP contribution in [0.5, 0.6) is 0 Å². The quantitative estimate of drug-likeness (QED) is 0.651. The molecule has 2 N–H and O–H groups in total. The van der Waals surface area contributed by atoms with Gasteiger partial charge >= 0.3 is 0 Å². The smallest absolute Gasteiger partial charge is 0.270 e. The number of rotatable bonds is 6. The summed E-state index contributed by atoms with van der Waals surface area (Å²) < 4.78 is 5.47. The lowest BCUT2D eigenvalue weighted by Gasteiger charge is -2.10. The van der Waals surface area contributed by atoms with Gasteiger partial charge in [0.15, 0.2) is 0 Å². The highest BCUT2D eigenvalue weighted by Crippen LogP contribution is 2.27. The number of carbonyl (C=O) groups excluding carboxylic acids is 1. The number of halogens is 1.